The van der Waals surface area contributed by atoms with Crippen LogP contribution in [0.1, 0.15) is 24.0 Å². The van der Waals surface area contributed by atoms with Crippen molar-refractivity contribution in [3.63, 3.8) is 0 Å². The Morgan fingerprint density at radius 2 is 1.85 bits per heavy atom. The fourth-order valence-corrected chi connectivity index (χ4v) is 3.01. The van der Waals surface area contributed by atoms with Gasteiger partial charge in [-0.1, -0.05) is 29.8 Å². The van der Waals surface area contributed by atoms with E-state index < -0.39 is 11.4 Å². The van der Waals surface area contributed by atoms with Gasteiger partial charge in [0.25, 0.3) is 0 Å². The molecule has 140 valence electrons. The van der Waals surface area contributed by atoms with E-state index in [0.717, 1.165) is 5.56 Å². The highest BCUT2D eigenvalue weighted by atomic mass is 35.5. The van der Waals surface area contributed by atoms with Crippen molar-refractivity contribution < 1.29 is 23.8 Å². The molecule has 0 atom stereocenters. The minimum Gasteiger partial charge on any atom is -0.493 e. The van der Waals surface area contributed by atoms with Gasteiger partial charge in [-0.3, -0.25) is 4.79 Å². The van der Waals surface area contributed by atoms with E-state index >= 15 is 0 Å². The summed E-state index contributed by atoms with van der Waals surface area (Å²) in [7, 11) is 2.80. The van der Waals surface area contributed by atoms with Crippen molar-refractivity contribution in [2.24, 2.45) is 0 Å². The van der Waals surface area contributed by atoms with Gasteiger partial charge in [-0.2, -0.15) is 0 Å². The van der Waals surface area contributed by atoms with Crippen molar-refractivity contribution in [3.8, 4) is 11.5 Å². The molecule has 0 radical (unpaired) electrons. The van der Waals surface area contributed by atoms with Crippen molar-refractivity contribution in [2.75, 3.05) is 14.2 Å². The number of esters is 2. The van der Waals surface area contributed by atoms with Gasteiger partial charge in [-0.15, -0.1) is 0 Å². The van der Waals surface area contributed by atoms with Gasteiger partial charge < -0.3 is 14.2 Å². The first-order chi connectivity index (χ1) is 13.0. The topological polar surface area (TPSA) is 61.8 Å². The van der Waals surface area contributed by atoms with E-state index in [2.05, 4.69) is 4.74 Å². The van der Waals surface area contributed by atoms with Gasteiger partial charge in [0.1, 0.15) is 0 Å². The maximum atomic E-state index is 12.8. The normalized spacial score (nSPS) is 14.6. The number of ether oxygens (including phenoxy) is 3. The lowest BCUT2D eigenvalue weighted by Crippen LogP contribution is -2.26. The second-order valence-electron chi connectivity index (χ2n) is 6.25. The fraction of sp³-hybridized carbons (Fsp3) is 0.238. The standard InChI is InChI=1S/C21H19ClO5/c1-25-18-12-14(7-9-19(23)26-2)6-8-17(18)27-20(24)21(10-11-21)15-4-3-5-16(22)13-15/h3-9,12-13H,10-11H2,1-2H3/b9-7+. The molecule has 2 aromatic carbocycles. The molecule has 27 heavy (non-hydrogen) atoms. The van der Waals surface area contributed by atoms with Crippen LogP contribution in [0.5, 0.6) is 11.5 Å². The maximum absolute atomic E-state index is 12.8. The summed E-state index contributed by atoms with van der Waals surface area (Å²) in [6.07, 6.45) is 4.33. The number of carbonyl (C=O) groups excluding carboxylic acids is 2. The van der Waals surface area contributed by atoms with Gasteiger partial charge in [-0.05, 0) is 54.3 Å². The molecule has 1 fully saturated rings. The number of benzene rings is 2. The molecule has 0 aromatic heterocycles. The second kappa shape index (κ2) is 7.84. The molecule has 0 heterocycles. The predicted molar refractivity (Wildman–Crippen MR) is 102 cm³/mol. The lowest BCUT2D eigenvalue weighted by atomic mass is 9.96. The third-order valence-electron chi connectivity index (χ3n) is 4.52. The van der Waals surface area contributed by atoms with E-state index in [4.69, 9.17) is 21.1 Å². The van der Waals surface area contributed by atoms with Crippen LogP contribution >= 0.6 is 11.6 Å². The van der Waals surface area contributed by atoms with Crippen LogP contribution in [-0.2, 0) is 19.7 Å². The SMILES string of the molecule is COC(=O)/C=C/c1ccc(OC(=O)C2(c3cccc(Cl)c3)CC2)c(OC)c1. The molecule has 0 spiro atoms. The average Bonchev–Trinajstić information content (AvgIpc) is 3.49. The minimum atomic E-state index is -0.653. The van der Waals surface area contributed by atoms with Crippen LogP contribution in [0.2, 0.25) is 5.02 Å². The van der Waals surface area contributed by atoms with Crippen molar-refractivity contribution in [3.05, 3.63) is 64.7 Å². The molecule has 0 bridgehead atoms. The van der Waals surface area contributed by atoms with Crippen LogP contribution in [0.3, 0.4) is 0 Å². The zero-order valence-corrected chi connectivity index (χ0v) is 15.8. The predicted octanol–water partition coefficient (Wildman–Crippen LogP) is 4.17. The Kier molecular flexibility index (Phi) is 5.51. The van der Waals surface area contributed by atoms with Gasteiger partial charge in [0, 0.05) is 11.1 Å². The Morgan fingerprint density at radius 3 is 2.48 bits per heavy atom. The third-order valence-corrected chi connectivity index (χ3v) is 4.76. The minimum absolute atomic E-state index is 0.325. The highest BCUT2D eigenvalue weighted by molar-refractivity contribution is 6.30. The highest BCUT2D eigenvalue weighted by Crippen LogP contribution is 2.50. The third kappa shape index (κ3) is 4.14. The van der Waals surface area contributed by atoms with Crippen LogP contribution < -0.4 is 9.47 Å². The highest BCUT2D eigenvalue weighted by Gasteiger charge is 2.53. The first-order valence-electron chi connectivity index (χ1n) is 8.41. The molecule has 0 unspecified atom stereocenters. The molecule has 0 N–H and O–H groups in total. The molecule has 5 nitrogen and oxygen atoms in total. The Bertz CT molecular complexity index is 899. The van der Waals surface area contributed by atoms with E-state index in [1.165, 1.54) is 20.3 Å². The molecule has 2 aromatic rings. The monoisotopic (exact) mass is 386 g/mol. The van der Waals surface area contributed by atoms with Crippen molar-refractivity contribution in [1.29, 1.82) is 0 Å². The lowest BCUT2D eigenvalue weighted by Gasteiger charge is -2.16. The largest absolute Gasteiger partial charge is 0.493 e. The van der Waals surface area contributed by atoms with E-state index in [0.29, 0.717) is 34.9 Å². The maximum Gasteiger partial charge on any atom is 0.330 e. The lowest BCUT2D eigenvalue weighted by molar-refractivity contribution is -0.137. The summed E-state index contributed by atoms with van der Waals surface area (Å²) in [4.78, 5) is 24.0. The number of halogens is 1. The second-order valence-corrected chi connectivity index (χ2v) is 6.69. The van der Waals surface area contributed by atoms with Gasteiger partial charge in [-0.25, -0.2) is 4.79 Å². The Labute approximate surface area is 162 Å². The number of carbonyl (C=O) groups is 2. The molecule has 0 amide bonds. The number of hydrogen-bond acceptors (Lipinski definition) is 5. The summed E-state index contributed by atoms with van der Waals surface area (Å²) in [5, 5.41) is 0.589. The van der Waals surface area contributed by atoms with Crippen molar-refractivity contribution in [2.45, 2.75) is 18.3 Å². The summed E-state index contributed by atoms with van der Waals surface area (Å²) < 4.78 is 15.5. The van der Waals surface area contributed by atoms with E-state index in [1.54, 1.807) is 36.4 Å². The Hall–Kier alpha value is -2.79. The zero-order valence-electron chi connectivity index (χ0n) is 15.0. The number of rotatable bonds is 6. The van der Waals surface area contributed by atoms with Crippen molar-refractivity contribution >= 4 is 29.6 Å². The molecule has 1 aliphatic carbocycles. The summed E-state index contributed by atoms with van der Waals surface area (Å²) >= 11 is 6.06. The van der Waals surface area contributed by atoms with Gasteiger partial charge >= 0.3 is 11.9 Å². The zero-order chi connectivity index (χ0) is 19.4. The van der Waals surface area contributed by atoms with Gasteiger partial charge in [0.2, 0.25) is 0 Å². The number of methoxy groups -OCH3 is 2. The fourth-order valence-electron chi connectivity index (χ4n) is 2.82. The van der Waals surface area contributed by atoms with Gasteiger partial charge in [0.15, 0.2) is 11.5 Å². The quantitative estimate of drug-likeness (QED) is 0.423. The molecule has 0 saturated heterocycles. The van der Waals surface area contributed by atoms with Crippen LogP contribution in [-0.4, -0.2) is 26.2 Å². The Balaban J connectivity index is 1.80. The smallest absolute Gasteiger partial charge is 0.330 e. The molecule has 3 rings (SSSR count). The van der Waals surface area contributed by atoms with E-state index in [-0.39, 0.29) is 5.97 Å². The molecular weight excluding hydrogens is 368 g/mol. The van der Waals surface area contributed by atoms with Gasteiger partial charge in [0.05, 0.1) is 19.6 Å². The average molecular weight is 387 g/mol. The first kappa shape index (κ1) is 19.0. The summed E-state index contributed by atoms with van der Waals surface area (Å²) in [5.74, 6) is -0.0640. The van der Waals surface area contributed by atoms with Crippen molar-refractivity contribution in [1.82, 2.24) is 0 Å². The first-order valence-corrected chi connectivity index (χ1v) is 8.79. The molecular formula is C21H19ClO5. The summed E-state index contributed by atoms with van der Waals surface area (Å²) in [5.41, 5.74) is 0.920. The molecule has 1 aliphatic rings. The molecule has 0 aliphatic heterocycles. The molecule has 1 saturated carbocycles. The summed E-state index contributed by atoms with van der Waals surface area (Å²) in [6, 6.07) is 12.3. The van der Waals surface area contributed by atoms with Crippen LogP contribution in [0.15, 0.2) is 48.5 Å². The van der Waals surface area contributed by atoms with E-state index in [9.17, 15) is 9.59 Å². The van der Waals surface area contributed by atoms with Crippen LogP contribution in [0.4, 0.5) is 0 Å². The molecule has 6 heteroatoms. The van der Waals surface area contributed by atoms with Crippen LogP contribution in [0.25, 0.3) is 6.08 Å². The Morgan fingerprint density at radius 1 is 1.07 bits per heavy atom. The number of hydrogen-bond donors (Lipinski definition) is 0. The van der Waals surface area contributed by atoms with Crippen LogP contribution in [0, 0.1) is 0 Å². The summed E-state index contributed by atoms with van der Waals surface area (Å²) in [6.45, 7) is 0. The van der Waals surface area contributed by atoms with E-state index in [1.807, 2.05) is 12.1 Å².